The Bertz CT molecular complexity index is 1090. The van der Waals surface area contributed by atoms with E-state index in [1.807, 2.05) is 20.8 Å². The third-order valence-electron chi connectivity index (χ3n) is 4.69. The van der Waals surface area contributed by atoms with Crippen LogP contribution >= 0.6 is 0 Å². The maximum absolute atomic E-state index is 13.7. The second kappa shape index (κ2) is 10.3. The standard InChI is InChI=1S/C22H27F3N4O3/c1-4-5-11-28(18-19(26)29(13-14(2)3)21(32)27-20(18)31)17(30)12-16(22(23,24)25)15-9-7-6-8-10-15/h6-10,12,14H,4-5,11,13,26H2,1-3H3,(H,27,31,32)/b16-12-. The highest BCUT2D eigenvalue weighted by Crippen LogP contribution is 2.34. The lowest BCUT2D eigenvalue weighted by molar-refractivity contribution is -0.114. The summed E-state index contributed by atoms with van der Waals surface area (Å²) in [6.07, 6.45) is -3.32. The summed E-state index contributed by atoms with van der Waals surface area (Å²) in [5.74, 6) is -1.33. The van der Waals surface area contributed by atoms with Crippen LogP contribution < -0.4 is 21.9 Å². The van der Waals surface area contributed by atoms with Crippen molar-refractivity contribution in [3.63, 3.8) is 0 Å². The van der Waals surface area contributed by atoms with Gasteiger partial charge in [0.25, 0.3) is 11.5 Å². The van der Waals surface area contributed by atoms with Crippen molar-refractivity contribution in [2.45, 2.75) is 46.3 Å². The number of nitrogens with zero attached hydrogens (tertiary/aromatic N) is 2. The Morgan fingerprint density at radius 1 is 1.22 bits per heavy atom. The van der Waals surface area contributed by atoms with Gasteiger partial charge in [0.05, 0.1) is 5.57 Å². The van der Waals surface area contributed by atoms with Gasteiger partial charge in [-0.05, 0) is 17.9 Å². The minimum atomic E-state index is -4.80. The number of nitrogens with one attached hydrogen (secondary N) is 1. The van der Waals surface area contributed by atoms with Crippen molar-refractivity contribution in [2.75, 3.05) is 17.2 Å². The Morgan fingerprint density at radius 2 is 1.84 bits per heavy atom. The molecule has 0 bridgehead atoms. The summed E-state index contributed by atoms with van der Waals surface area (Å²) in [5, 5.41) is 0. The first-order valence-electron chi connectivity index (χ1n) is 10.3. The Hall–Kier alpha value is -3.30. The van der Waals surface area contributed by atoms with E-state index in [4.69, 9.17) is 5.73 Å². The van der Waals surface area contributed by atoms with Crippen LogP contribution in [0.3, 0.4) is 0 Å². The molecule has 0 aliphatic heterocycles. The zero-order valence-electron chi connectivity index (χ0n) is 18.2. The lowest BCUT2D eigenvalue weighted by Gasteiger charge is -2.24. The molecule has 0 saturated heterocycles. The van der Waals surface area contributed by atoms with Gasteiger partial charge in [-0.1, -0.05) is 57.5 Å². The van der Waals surface area contributed by atoms with Gasteiger partial charge >= 0.3 is 11.9 Å². The number of allylic oxidation sites excluding steroid dienone is 1. The Kier molecular flexibility index (Phi) is 8.07. The molecule has 32 heavy (non-hydrogen) atoms. The predicted molar refractivity (Wildman–Crippen MR) is 118 cm³/mol. The number of anilines is 2. The van der Waals surface area contributed by atoms with Crippen LogP contribution in [-0.2, 0) is 11.3 Å². The molecule has 0 atom stereocenters. The van der Waals surface area contributed by atoms with Gasteiger partial charge in [-0.25, -0.2) is 4.79 Å². The van der Waals surface area contributed by atoms with Gasteiger partial charge in [-0.2, -0.15) is 13.2 Å². The minimum Gasteiger partial charge on any atom is -0.383 e. The number of aromatic nitrogens is 2. The minimum absolute atomic E-state index is 0.0108. The van der Waals surface area contributed by atoms with Crippen LogP contribution in [0.1, 0.15) is 39.2 Å². The highest BCUT2D eigenvalue weighted by molar-refractivity contribution is 6.07. The van der Waals surface area contributed by atoms with Crippen molar-refractivity contribution in [3.05, 3.63) is 62.8 Å². The summed E-state index contributed by atoms with van der Waals surface area (Å²) >= 11 is 0. The van der Waals surface area contributed by atoms with Crippen molar-refractivity contribution < 1.29 is 18.0 Å². The van der Waals surface area contributed by atoms with E-state index in [1.54, 1.807) is 6.07 Å². The first kappa shape index (κ1) is 25.0. The smallest absolute Gasteiger partial charge is 0.383 e. The number of nitrogen functional groups attached to an aromatic ring is 1. The zero-order chi connectivity index (χ0) is 24.1. The predicted octanol–water partition coefficient (Wildman–Crippen LogP) is 3.55. The number of alkyl halides is 3. The van der Waals surface area contributed by atoms with Crippen LogP contribution in [0.25, 0.3) is 5.57 Å². The molecule has 0 aliphatic rings. The molecule has 1 amide bonds. The Labute approximate surface area is 183 Å². The van der Waals surface area contributed by atoms with Crippen LogP contribution in [0, 0.1) is 5.92 Å². The molecule has 10 heteroatoms. The SMILES string of the molecule is CCCCN(C(=O)/C=C(/c1ccccc1)C(F)(F)F)c1c(N)n(CC(C)C)c(=O)[nH]c1=O. The summed E-state index contributed by atoms with van der Waals surface area (Å²) in [7, 11) is 0. The molecule has 1 aromatic carbocycles. The van der Waals surface area contributed by atoms with Crippen LogP contribution in [0.2, 0.25) is 0 Å². The molecule has 2 rings (SSSR count). The van der Waals surface area contributed by atoms with Crippen molar-refractivity contribution in [2.24, 2.45) is 5.92 Å². The average molecular weight is 452 g/mol. The van der Waals surface area contributed by atoms with Crippen molar-refractivity contribution in [3.8, 4) is 0 Å². The number of nitrogens with two attached hydrogens (primary N) is 1. The molecule has 0 unspecified atom stereocenters. The summed E-state index contributed by atoms with van der Waals surface area (Å²) in [6, 6.07) is 6.91. The molecule has 0 fully saturated rings. The number of hydrogen-bond acceptors (Lipinski definition) is 4. The zero-order valence-corrected chi connectivity index (χ0v) is 18.2. The molecule has 1 aromatic heterocycles. The molecule has 7 nitrogen and oxygen atoms in total. The quantitative estimate of drug-likeness (QED) is 0.598. The third kappa shape index (κ3) is 5.89. The maximum atomic E-state index is 13.7. The first-order chi connectivity index (χ1) is 15.0. The number of carbonyl (C=O) groups excluding carboxylic acids is 1. The van der Waals surface area contributed by atoms with Crippen LogP contribution in [0.15, 0.2) is 46.0 Å². The fourth-order valence-electron chi connectivity index (χ4n) is 3.18. The second-order valence-corrected chi connectivity index (χ2v) is 7.76. The molecule has 1 heterocycles. The van der Waals surface area contributed by atoms with Crippen molar-refractivity contribution in [1.29, 1.82) is 0 Å². The Morgan fingerprint density at radius 3 is 2.38 bits per heavy atom. The number of halogens is 3. The van der Waals surface area contributed by atoms with Crippen LogP contribution in [-0.4, -0.2) is 28.2 Å². The van der Waals surface area contributed by atoms with Gasteiger partial charge in [0, 0.05) is 19.2 Å². The molecule has 0 saturated carbocycles. The molecular weight excluding hydrogens is 425 g/mol. The van der Waals surface area contributed by atoms with Crippen molar-refractivity contribution in [1.82, 2.24) is 9.55 Å². The highest BCUT2D eigenvalue weighted by atomic mass is 19.4. The molecule has 3 N–H and O–H groups in total. The van der Waals surface area contributed by atoms with E-state index in [-0.39, 0.29) is 36.1 Å². The molecule has 2 aromatic rings. The summed E-state index contributed by atoms with van der Waals surface area (Å²) < 4.78 is 42.3. The monoisotopic (exact) mass is 452 g/mol. The van der Waals surface area contributed by atoms with Gasteiger partial charge in [0.2, 0.25) is 0 Å². The van der Waals surface area contributed by atoms with Gasteiger partial charge in [-0.15, -0.1) is 0 Å². The molecule has 0 spiro atoms. The van der Waals surface area contributed by atoms with Crippen LogP contribution in [0.4, 0.5) is 24.7 Å². The number of unbranched alkanes of at least 4 members (excludes halogenated alkanes) is 1. The number of rotatable bonds is 8. The van der Waals surface area contributed by atoms with Gasteiger partial charge in [0.1, 0.15) is 5.82 Å². The van der Waals surface area contributed by atoms with E-state index < -0.39 is 28.9 Å². The van der Waals surface area contributed by atoms with E-state index >= 15 is 0 Å². The first-order valence-corrected chi connectivity index (χ1v) is 10.3. The van der Waals surface area contributed by atoms with E-state index in [9.17, 15) is 27.6 Å². The topological polar surface area (TPSA) is 101 Å². The summed E-state index contributed by atoms with van der Waals surface area (Å²) in [5.41, 5.74) is 2.73. The Balaban J connectivity index is 2.66. The number of benzene rings is 1. The molecule has 0 radical (unpaired) electrons. The number of carbonyl (C=O) groups is 1. The van der Waals surface area contributed by atoms with E-state index in [0.717, 1.165) is 9.47 Å². The molecule has 0 aliphatic carbocycles. The normalized spacial score (nSPS) is 12.3. The lowest BCUT2D eigenvalue weighted by atomic mass is 10.0. The lowest BCUT2D eigenvalue weighted by Crippen LogP contribution is -2.41. The van der Waals surface area contributed by atoms with Gasteiger partial charge in [-0.3, -0.25) is 19.1 Å². The third-order valence-corrected chi connectivity index (χ3v) is 4.69. The van der Waals surface area contributed by atoms with Crippen LogP contribution in [0.5, 0.6) is 0 Å². The van der Waals surface area contributed by atoms with E-state index in [2.05, 4.69) is 4.98 Å². The fraction of sp³-hybridized carbons (Fsp3) is 0.409. The van der Waals surface area contributed by atoms with Gasteiger partial charge in [0.15, 0.2) is 5.69 Å². The highest BCUT2D eigenvalue weighted by Gasteiger charge is 2.36. The number of amides is 1. The fourth-order valence-corrected chi connectivity index (χ4v) is 3.18. The average Bonchev–Trinajstić information content (AvgIpc) is 2.71. The van der Waals surface area contributed by atoms with Crippen molar-refractivity contribution >= 4 is 23.0 Å². The van der Waals surface area contributed by atoms with Gasteiger partial charge < -0.3 is 10.6 Å². The maximum Gasteiger partial charge on any atom is 0.417 e. The largest absolute Gasteiger partial charge is 0.417 e. The second-order valence-electron chi connectivity index (χ2n) is 7.76. The van der Waals surface area contributed by atoms with E-state index in [0.29, 0.717) is 18.9 Å². The summed E-state index contributed by atoms with van der Waals surface area (Å²) in [6.45, 7) is 5.61. The number of H-pyrrole nitrogens is 1. The number of hydrogen-bond donors (Lipinski definition) is 2. The molecule has 174 valence electrons. The van der Waals surface area contributed by atoms with E-state index in [1.165, 1.54) is 24.3 Å². The summed E-state index contributed by atoms with van der Waals surface area (Å²) in [4.78, 5) is 40.9. The number of aromatic amines is 1. The molecular formula is C22H27F3N4O3.